The maximum Gasteiger partial charge on any atom is 0.242 e. The van der Waals surface area contributed by atoms with Crippen LogP contribution in [0.4, 0.5) is 11.5 Å². The molecule has 3 aromatic rings. The largest absolute Gasteiger partial charge is 0.477 e. The zero-order chi connectivity index (χ0) is 25.0. The van der Waals surface area contributed by atoms with Crippen molar-refractivity contribution >= 4 is 27.2 Å². The predicted octanol–water partition coefficient (Wildman–Crippen LogP) is 3.81. The van der Waals surface area contributed by atoms with E-state index in [9.17, 15) is 8.42 Å². The first-order valence-electron chi connectivity index (χ1n) is 11.5. The summed E-state index contributed by atoms with van der Waals surface area (Å²) < 4.78 is 34.8. The second-order valence-electron chi connectivity index (χ2n) is 9.45. The normalized spacial score (nSPS) is 12.4. The number of rotatable bonds is 11. The highest BCUT2D eigenvalue weighted by atomic mass is 32.2. The number of likely N-dealkylation sites (N-methyl/N-ethyl adjacent to an activating group) is 2. The summed E-state index contributed by atoms with van der Waals surface area (Å²) in [5, 5.41) is 7.86. The summed E-state index contributed by atoms with van der Waals surface area (Å²) in [6.45, 7) is 10.00. The molecule has 0 unspecified atom stereocenters. The van der Waals surface area contributed by atoms with E-state index in [2.05, 4.69) is 43.1 Å². The third-order valence-electron chi connectivity index (χ3n) is 5.36. The Hall–Kier alpha value is -2.69. The molecule has 1 aromatic carbocycles. The number of hydrogen-bond donors (Lipinski definition) is 1. The second kappa shape index (κ2) is 10.7. The highest BCUT2D eigenvalue weighted by Gasteiger charge is 2.21. The van der Waals surface area contributed by atoms with Crippen LogP contribution in [0.1, 0.15) is 39.2 Å². The molecule has 10 heteroatoms. The van der Waals surface area contributed by atoms with Gasteiger partial charge in [0.15, 0.2) is 5.65 Å². The van der Waals surface area contributed by atoms with E-state index in [1.807, 2.05) is 31.3 Å². The van der Waals surface area contributed by atoms with Gasteiger partial charge in [-0.1, -0.05) is 27.7 Å². The van der Waals surface area contributed by atoms with Gasteiger partial charge in [0.1, 0.15) is 5.82 Å². The molecule has 0 saturated heterocycles. The van der Waals surface area contributed by atoms with Crippen LogP contribution in [0.3, 0.4) is 0 Å². The van der Waals surface area contributed by atoms with Crippen molar-refractivity contribution in [3.8, 4) is 5.88 Å². The fourth-order valence-electron chi connectivity index (χ4n) is 3.28. The fraction of sp³-hybridized carbons (Fsp3) is 0.500. The Morgan fingerprint density at radius 3 is 2.32 bits per heavy atom. The van der Waals surface area contributed by atoms with Crippen LogP contribution < -0.4 is 10.1 Å². The molecule has 0 saturated carbocycles. The van der Waals surface area contributed by atoms with E-state index in [-0.39, 0.29) is 10.8 Å². The fourth-order valence-corrected chi connectivity index (χ4v) is 4.44. The lowest BCUT2D eigenvalue weighted by Gasteiger charge is -2.19. The van der Waals surface area contributed by atoms with E-state index in [1.165, 1.54) is 4.31 Å². The molecule has 0 bridgehead atoms. The smallest absolute Gasteiger partial charge is 0.242 e. The van der Waals surface area contributed by atoms with Crippen LogP contribution in [0.5, 0.6) is 5.88 Å². The molecule has 2 heterocycles. The summed E-state index contributed by atoms with van der Waals surface area (Å²) >= 11 is 0. The van der Waals surface area contributed by atoms with Gasteiger partial charge in [-0.2, -0.15) is 18.9 Å². The number of nitrogens with one attached hydrogen (secondary N) is 1. The minimum absolute atomic E-state index is 0.251. The third kappa shape index (κ3) is 6.05. The Balaban J connectivity index is 1.88. The average Bonchev–Trinajstić information content (AvgIpc) is 3.21. The van der Waals surface area contributed by atoms with Crippen molar-refractivity contribution in [2.75, 3.05) is 46.2 Å². The first-order valence-corrected chi connectivity index (χ1v) is 12.9. The van der Waals surface area contributed by atoms with Crippen LogP contribution in [0.2, 0.25) is 0 Å². The van der Waals surface area contributed by atoms with Crippen molar-refractivity contribution in [1.29, 1.82) is 0 Å². The van der Waals surface area contributed by atoms with Crippen molar-refractivity contribution in [3.05, 3.63) is 42.1 Å². The highest BCUT2D eigenvalue weighted by Crippen LogP contribution is 2.27. The zero-order valence-electron chi connectivity index (χ0n) is 21.1. The summed E-state index contributed by atoms with van der Waals surface area (Å²) in [7, 11) is 1.88. The molecule has 9 nitrogen and oxygen atoms in total. The minimum atomic E-state index is -3.56. The number of sulfonamides is 1. The van der Waals surface area contributed by atoms with Gasteiger partial charge in [0.05, 0.1) is 17.7 Å². The lowest BCUT2D eigenvalue weighted by atomic mass is 10.1. The van der Waals surface area contributed by atoms with Crippen LogP contribution in [0.15, 0.2) is 41.4 Å². The molecule has 0 aliphatic carbocycles. The molecule has 0 aliphatic heterocycles. The average molecular weight is 489 g/mol. The summed E-state index contributed by atoms with van der Waals surface area (Å²) in [5.41, 5.74) is 2.50. The molecule has 0 fully saturated rings. The van der Waals surface area contributed by atoms with Gasteiger partial charge in [-0.05, 0) is 50.2 Å². The molecule has 3 rings (SSSR count). The molecular weight excluding hydrogens is 452 g/mol. The van der Waals surface area contributed by atoms with Gasteiger partial charge >= 0.3 is 0 Å². The van der Waals surface area contributed by atoms with E-state index in [0.717, 1.165) is 16.9 Å². The van der Waals surface area contributed by atoms with E-state index in [1.54, 1.807) is 35.8 Å². The van der Waals surface area contributed by atoms with Crippen LogP contribution in [0, 0.1) is 5.92 Å². The molecule has 186 valence electrons. The van der Waals surface area contributed by atoms with Crippen LogP contribution >= 0.6 is 0 Å². The summed E-state index contributed by atoms with van der Waals surface area (Å²) in [4.78, 5) is 6.88. The highest BCUT2D eigenvalue weighted by molar-refractivity contribution is 7.89. The first kappa shape index (κ1) is 25.9. The summed E-state index contributed by atoms with van der Waals surface area (Å²) in [5.74, 6) is 1.84. The first-order chi connectivity index (χ1) is 16.0. The molecule has 0 aliphatic rings. The van der Waals surface area contributed by atoms with Gasteiger partial charge in [0, 0.05) is 37.5 Å². The van der Waals surface area contributed by atoms with Gasteiger partial charge < -0.3 is 15.0 Å². The Morgan fingerprint density at radius 1 is 1.06 bits per heavy atom. The molecular formula is C24H36N6O3S. The second-order valence-corrected chi connectivity index (χ2v) is 11.5. The van der Waals surface area contributed by atoms with E-state index in [4.69, 9.17) is 4.74 Å². The Morgan fingerprint density at radius 2 is 1.74 bits per heavy atom. The van der Waals surface area contributed by atoms with Gasteiger partial charge in [-0.25, -0.2) is 8.42 Å². The number of hydrogen-bond acceptors (Lipinski definition) is 7. The number of ether oxygens (including phenoxy) is 1. The number of anilines is 2. The molecule has 2 aromatic heterocycles. The van der Waals surface area contributed by atoms with E-state index >= 15 is 0 Å². The summed E-state index contributed by atoms with van der Waals surface area (Å²) in [6, 6.07) is 8.54. The van der Waals surface area contributed by atoms with Gasteiger partial charge in [0.25, 0.3) is 0 Å². The van der Waals surface area contributed by atoms with Crippen LogP contribution in [-0.4, -0.2) is 73.1 Å². The zero-order valence-corrected chi connectivity index (χ0v) is 21.9. The molecule has 1 N–H and O–H groups in total. The van der Waals surface area contributed by atoms with Gasteiger partial charge in [-0.3, -0.25) is 0 Å². The van der Waals surface area contributed by atoms with E-state index in [0.29, 0.717) is 37.3 Å². The minimum Gasteiger partial charge on any atom is -0.477 e. The maximum absolute atomic E-state index is 12.9. The van der Waals surface area contributed by atoms with Crippen molar-refractivity contribution in [3.63, 3.8) is 0 Å². The topological polar surface area (TPSA) is 92.1 Å². The number of aromatic nitrogens is 3. The predicted molar refractivity (Wildman–Crippen MR) is 136 cm³/mol. The van der Waals surface area contributed by atoms with Gasteiger partial charge in [0.2, 0.25) is 15.9 Å². The third-order valence-corrected chi connectivity index (χ3v) is 7.23. The number of fused-ring (bicyclic) bond motifs is 1. The number of nitrogens with zero attached hydrogens (tertiary/aromatic N) is 5. The van der Waals surface area contributed by atoms with Crippen LogP contribution in [-0.2, 0) is 10.0 Å². The van der Waals surface area contributed by atoms with Crippen molar-refractivity contribution in [1.82, 2.24) is 23.8 Å². The summed E-state index contributed by atoms with van der Waals surface area (Å²) in [6.07, 6.45) is 1.82. The lowest BCUT2D eigenvalue weighted by molar-refractivity contribution is 0.261. The maximum atomic E-state index is 12.9. The van der Waals surface area contributed by atoms with Gasteiger partial charge in [-0.15, -0.1) is 0 Å². The quantitative estimate of drug-likeness (QED) is 0.439. The molecule has 0 atom stereocenters. The molecule has 0 radical (unpaired) electrons. The lowest BCUT2D eigenvalue weighted by Crippen LogP contribution is -2.33. The van der Waals surface area contributed by atoms with Crippen LogP contribution in [0.25, 0.3) is 5.65 Å². The SMILES string of the molecule is CC(C)COc1cc(Nc2ccc(S(=O)(=O)N(C)CCN(C)C)cc2)n2ncc(C(C)C)c2n1. The number of benzene rings is 1. The Bertz CT molecular complexity index is 1200. The molecule has 34 heavy (non-hydrogen) atoms. The Kier molecular flexibility index (Phi) is 8.17. The molecule has 0 spiro atoms. The van der Waals surface area contributed by atoms with Crippen molar-refractivity contribution in [2.45, 2.75) is 38.5 Å². The molecule has 0 amide bonds. The Labute approximate surface area is 202 Å². The monoisotopic (exact) mass is 488 g/mol. The van der Waals surface area contributed by atoms with E-state index < -0.39 is 10.0 Å². The van der Waals surface area contributed by atoms with Crippen molar-refractivity contribution in [2.24, 2.45) is 5.92 Å². The van der Waals surface area contributed by atoms with Crippen molar-refractivity contribution < 1.29 is 13.2 Å². The standard InChI is InChI=1S/C24H36N6O3S/c1-17(2)16-33-23-14-22(30-24(27-23)21(15-25-30)18(3)4)26-19-8-10-20(11-9-19)34(31,32)29(7)13-12-28(5)6/h8-11,14-15,17-18,26H,12-13,16H2,1-7H3.